The van der Waals surface area contributed by atoms with Crippen molar-refractivity contribution in [1.82, 2.24) is 20.4 Å². The second kappa shape index (κ2) is 4.68. The molecule has 6 nitrogen and oxygen atoms in total. The summed E-state index contributed by atoms with van der Waals surface area (Å²) >= 11 is 0. The quantitative estimate of drug-likeness (QED) is 0.867. The van der Waals surface area contributed by atoms with Crippen LogP contribution < -0.4 is 5.32 Å². The highest BCUT2D eigenvalue weighted by Crippen LogP contribution is 2.28. The third-order valence-electron chi connectivity index (χ3n) is 3.58. The number of hydrogen-bond acceptors (Lipinski definition) is 5. The summed E-state index contributed by atoms with van der Waals surface area (Å²) in [7, 11) is 0. The van der Waals surface area contributed by atoms with E-state index >= 15 is 0 Å². The van der Waals surface area contributed by atoms with Crippen LogP contribution in [0.25, 0.3) is 0 Å². The van der Waals surface area contributed by atoms with Crippen LogP contribution in [0.5, 0.6) is 0 Å². The molecule has 2 fully saturated rings. The van der Waals surface area contributed by atoms with Gasteiger partial charge in [-0.2, -0.15) is 4.98 Å². The molecule has 1 saturated carbocycles. The summed E-state index contributed by atoms with van der Waals surface area (Å²) < 4.78 is 5.19. The summed E-state index contributed by atoms with van der Waals surface area (Å²) in [4.78, 5) is 18.3. The van der Waals surface area contributed by atoms with Crippen molar-refractivity contribution in [1.29, 1.82) is 0 Å². The minimum atomic E-state index is -0.104. The molecule has 2 aliphatic rings. The van der Waals surface area contributed by atoms with Gasteiger partial charge < -0.3 is 14.7 Å². The molecular formula is C12H18N4O2. The first-order chi connectivity index (χ1) is 8.79. The van der Waals surface area contributed by atoms with Gasteiger partial charge in [-0.05, 0) is 39.2 Å². The summed E-state index contributed by atoms with van der Waals surface area (Å²) in [6.45, 7) is 3.66. The summed E-state index contributed by atoms with van der Waals surface area (Å²) in [5.41, 5.74) is 0. The van der Waals surface area contributed by atoms with Crippen LogP contribution >= 0.6 is 0 Å². The van der Waals surface area contributed by atoms with Crippen molar-refractivity contribution in [3.63, 3.8) is 0 Å². The minimum Gasteiger partial charge on any atom is -0.337 e. The zero-order chi connectivity index (χ0) is 12.5. The van der Waals surface area contributed by atoms with Crippen molar-refractivity contribution in [3.05, 3.63) is 11.7 Å². The molecule has 1 N–H and O–H groups in total. The lowest BCUT2D eigenvalue weighted by atomic mass is 10.2. The average molecular weight is 250 g/mol. The Balaban J connectivity index is 1.73. The standard InChI is InChI=1S/C12H18N4O2/c1-2-16(8-5-6-8)12(17)10-14-11(18-15-10)9-4-3-7-13-9/h8-9,13H,2-7H2,1H3. The minimum absolute atomic E-state index is 0.104. The van der Waals surface area contributed by atoms with Crippen LogP contribution in [0.3, 0.4) is 0 Å². The molecule has 1 aromatic rings. The summed E-state index contributed by atoms with van der Waals surface area (Å²) in [6, 6.07) is 0.504. The van der Waals surface area contributed by atoms with Crippen molar-refractivity contribution in [3.8, 4) is 0 Å². The molecule has 0 spiro atoms. The molecule has 6 heteroatoms. The van der Waals surface area contributed by atoms with Gasteiger partial charge in [-0.25, -0.2) is 0 Å². The summed E-state index contributed by atoms with van der Waals surface area (Å²) in [6.07, 6.45) is 4.29. The maximum Gasteiger partial charge on any atom is 0.295 e. The molecule has 98 valence electrons. The van der Waals surface area contributed by atoms with Crippen LogP contribution in [0.1, 0.15) is 55.2 Å². The number of nitrogens with zero attached hydrogens (tertiary/aromatic N) is 3. The van der Waals surface area contributed by atoms with Crippen molar-refractivity contribution < 1.29 is 9.32 Å². The molecule has 0 radical (unpaired) electrons. The fraction of sp³-hybridized carbons (Fsp3) is 0.750. The molecule has 1 amide bonds. The zero-order valence-electron chi connectivity index (χ0n) is 10.6. The predicted molar refractivity (Wildman–Crippen MR) is 64.0 cm³/mol. The van der Waals surface area contributed by atoms with Gasteiger partial charge in [-0.3, -0.25) is 4.79 Å². The third-order valence-corrected chi connectivity index (χ3v) is 3.58. The van der Waals surface area contributed by atoms with Gasteiger partial charge in [0.15, 0.2) is 0 Å². The topological polar surface area (TPSA) is 71.3 Å². The second-order valence-electron chi connectivity index (χ2n) is 4.93. The molecule has 0 aromatic carbocycles. The Bertz CT molecular complexity index is 435. The van der Waals surface area contributed by atoms with E-state index in [0.29, 0.717) is 18.5 Å². The highest BCUT2D eigenvalue weighted by molar-refractivity contribution is 5.90. The first-order valence-corrected chi connectivity index (χ1v) is 6.67. The smallest absolute Gasteiger partial charge is 0.295 e. The first kappa shape index (κ1) is 11.6. The SMILES string of the molecule is CCN(C(=O)c1noc(C2CCCN2)n1)C1CC1. The molecule has 3 rings (SSSR count). The van der Waals surface area contributed by atoms with E-state index < -0.39 is 0 Å². The van der Waals surface area contributed by atoms with Crippen molar-refractivity contribution >= 4 is 5.91 Å². The van der Waals surface area contributed by atoms with E-state index in [1.807, 2.05) is 11.8 Å². The van der Waals surface area contributed by atoms with Gasteiger partial charge in [0.1, 0.15) is 0 Å². The van der Waals surface area contributed by atoms with Gasteiger partial charge in [-0.1, -0.05) is 5.16 Å². The summed E-state index contributed by atoms with van der Waals surface area (Å²) in [5, 5.41) is 7.10. The number of aromatic nitrogens is 2. The van der Waals surface area contributed by atoms with E-state index in [1.54, 1.807) is 0 Å². The lowest BCUT2D eigenvalue weighted by molar-refractivity contribution is 0.0737. The molecule has 2 heterocycles. The molecule has 1 unspecified atom stereocenters. The van der Waals surface area contributed by atoms with Crippen molar-refractivity contribution in [2.24, 2.45) is 0 Å². The Morgan fingerprint density at radius 1 is 1.50 bits per heavy atom. The highest BCUT2D eigenvalue weighted by Gasteiger charge is 2.34. The predicted octanol–water partition coefficient (Wildman–Crippen LogP) is 1.12. The Morgan fingerprint density at radius 3 is 2.94 bits per heavy atom. The lowest BCUT2D eigenvalue weighted by Gasteiger charge is -2.17. The first-order valence-electron chi connectivity index (χ1n) is 6.67. The van der Waals surface area contributed by atoms with Crippen LogP contribution in [0, 0.1) is 0 Å². The van der Waals surface area contributed by atoms with E-state index in [4.69, 9.17) is 4.52 Å². The van der Waals surface area contributed by atoms with E-state index in [1.165, 1.54) is 0 Å². The van der Waals surface area contributed by atoms with Gasteiger partial charge in [0.05, 0.1) is 6.04 Å². The van der Waals surface area contributed by atoms with Crippen LogP contribution in [-0.4, -0.2) is 40.1 Å². The number of carbonyl (C=O) groups excluding carboxylic acids is 1. The third kappa shape index (κ3) is 2.12. The van der Waals surface area contributed by atoms with Gasteiger partial charge >= 0.3 is 0 Å². The molecule has 1 atom stereocenters. The number of amides is 1. The summed E-state index contributed by atoms with van der Waals surface area (Å²) in [5.74, 6) is 0.642. The number of nitrogens with one attached hydrogen (secondary N) is 1. The molecule has 1 aliphatic carbocycles. The Labute approximate surface area is 106 Å². The van der Waals surface area contributed by atoms with Gasteiger partial charge in [0.2, 0.25) is 5.89 Å². The maximum absolute atomic E-state index is 12.2. The zero-order valence-corrected chi connectivity index (χ0v) is 10.6. The maximum atomic E-state index is 12.2. The average Bonchev–Trinajstić information content (AvgIpc) is 2.92. The van der Waals surface area contributed by atoms with Gasteiger partial charge in [0, 0.05) is 12.6 Å². The second-order valence-corrected chi connectivity index (χ2v) is 4.93. The van der Waals surface area contributed by atoms with Gasteiger partial charge in [0.25, 0.3) is 11.7 Å². The fourth-order valence-electron chi connectivity index (χ4n) is 2.44. The number of rotatable bonds is 4. The van der Waals surface area contributed by atoms with E-state index in [-0.39, 0.29) is 17.8 Å². The molecule has 0 bridgehead atoms. The molecule has 1 aliphatic heterocycles. The van der Waals surface area contributed by atoms with Crippen molar-refractivity contribution in [2.75, 3.05) is 13.1 Å². The number of hydrogen-bond donors (Lipinski definition) is 1. The molecule has 1 aromatic heterocycles. The van der Waals surface area contributed by atoms with Gasteiger partial charge in [-0.15, -0.1) is 0 Å². The highest BCUT2D eigenvalue weighted by atomic mass is 16.5. The van der Waals surface area contributed by atoms with Crippen LogP contribution in [-0.2, 0) is 0 Å². The van der Waals surface area contributed by atoms with Crippen LogP contribution in [0.2, 0.25) is 0 Å². The Morgan fingerprint density at radius 2 is 2.33 bits per heavy atom. The van der Waals surface area contributed by atoms with Crippen LogP contribution in [0.4, 0.5) is 0 Å². The monoisotopic (exact) mass is 250 g/mol. The number of carbonyl (C=O) groups is 1. The largest absolute Gasteiger partial charge is 0.337 e. The van der Waals surface area contributed by atoms with E-state index in [0.717, 1.165) is 32.2 Å². The molecule has 18 heavy (non-hydrogen) atoms. The Hall–Kier alpha value is -1.43. The van der Waals surface area contributed by atoms with E-state index in [2.05, 4.69) is 15.5 Å². The van der Waals surface area contributed by atoms with E-state index in [9.17, 15) is 4.79 Å². The Kier molecular flexibility index (Phi) is 3.03. The lowest BCUT2D eigenvalue weighted by Crippen LogP contribution is -2.33. The normalized spacial score (nSPS) is 23.3. The van der Waals surface area contributed by atoms with Crippen LogP contribution in [0.15, 0.2) is 4.52 Å². The van der Waals surface area contributed by atoms with Crippen molar-refractivity contribution in [2.45, 2.75) is 44.7 Å². The fourth-order valence-corrected chi connectivity index (χ4v) is 2.44. The molecule has 1 saturated heterocycles. The molecular weight excluding hydrogens is 232 g/mol.